The first kappa shape index (κ1) is 16.0. The molecule has 0 bridgehead atoms. The number of aromatic nitrogens is 1. The maximum absolute atomic E-state index is 12.5. The number of ether oxygens (including phenoxy) is 1. The molecule has 1 aliphatic rings. The van der Waals surface area contributed by atoms with Crippen LogP contribution < -0.4 is 15.4 Å². The third kappa shape index (κ3) is 3.22. The van der Waals surface area contributed by atoms with Gasteiger partial charge in [-0.3, -0.25) is 9.59 Å². The quantitative estimate of drug-likeness (QED) is 0.909. The number of aryl methyl sites for hydroxylation is 2. The maximum Gasteiger partial charge on any atom is 0.267 e. The molecule has 3 rings (SSSR count). The molecule has 6 heteroatoms. The van der Waals surface area contributed by atoms with Crippen molar-refractivity contribution < 1.29 is 14.3 Å². The van der Waals surface area contributed by atoms with E-state index in [0.29, 0.717) is 17.9 Å². The van der Waals surface area contributed by atoms with Gasteiger partial charge in [-0.2, -0.15) is 0 Å². The summed E-state index contributed by atoms with van der Waals surface area (Å²) >= 11 is 0. The average molecular weight is 325 g/mol. The number of amides is 2. The average Bonchev–Trinajstić information content (AvgIpc) is 2.92. The molecule has 2 N–H and O–H groups in total. The number of anilines is 2. The first-order valence-electron chi connectivity index (χ1n) is 7.74. The summed E-state index contributed by atoms with van der Waals surface area (Å²) in [7, 11) is 0. The summed E-state index contributed by atoms with van der Waals surface area (Å²) < 4.78 is 5.77. The van der Waals surface area contributed by atoms with Gasteiger partial charge in [-0.05, 0) is 48.7 Å². The van der Waals surface area contributed by atoms with Crippen LogP contribution in [0, 0.1) is 13.8 Å². The second kappa shape index (κ2) is 6.31. The van der Waals surface area contributed by atoms with E-state index in [2.05, 4.69) is 21.7 Å². The Hall–Kier alpha value is -2.89. The van der Waals surface area contributed by atoms with Crippen LogP contribution in [0.3, 0.4) is 0 Å². The zero-order valence-electron chi connectivity index (χ0n) is 13.8. The van der Waals surface area contributed by atoms with E-state index in [1.807, 2.05) is 19.9 Å². The van der Waals surface area contributed by atoms with Crippen molar-refractivity contribution in [2.24, 2.45) is 0 Å². The van der Waals surface area contributed by atoms with Gasteiger partial charge in [0.05, 0.1) is 5.69 Å². The van der Waals surface area contributed by atoms with E-state index < -0.39 is 6.10 Å². The highest BCUT2D eigenvalue weighted by molar-refractivity contribution is 5.99. The molecule has 0 radical (unpaired) electrons. The molecule has 1 aromatic carbocycles. The molecule has 0 saturated carbocycles. The molecule has 2 heterocycles. The molecule has 2 aromatic rings. The molecule has 124 valence electrons. The molecular weight excluding hydrogens is 306 g/mol. The van der Waals surface area contributed by atoms with Crippen LogP contribution in [0.15, 0.2) is 30.5 Å². The Kier molecular flexibility index (Phi) is 4.20. The van der Waals surface area contributed by atoms with E-state index in [4.69, 9.17) is 4.74 Å². The zero-order chi connectivity index (χ0) is 17.3. The summed E-state index contributed by atoms with van der Waals surface area (Å²) in [4.78, 5) is 27.9. The van der Waals surface area contributed by atoms with Crippen molar-refractivity contribution in [1.29, 1.82) is 0 Å². The first-order chi connectivity index (χ1) is 11.4. The lowest BCUT2D eigenvalue weighted by Gasteiger charge is -2.13. The molecule has 0 saturated heterocycles. The lowest BCUT2D eigenvalue weighted by atomic mass is 10.0. The Morgan fingerprint density at radius 3 is 2.71 bits per heavy atom. The second-order valence-electron chi connectivity index (χ2n) is 5.92. The van der Waals surface area contributed by atoms with Gasteiger partial charge in [0.15, 0.2) is 11.9 Å². The van der Waals surface area contributed by atoms with Crippen LogP contribution >= 0.6 is 0 Å². The van der Waals surface area contributed by atoms with Gasteiger partial charge in [-0.25, -0.2) is 4.98 Å². The van der Waals surface area contributed by atoms with Crippen LogP contribution in [-0.2, 0) is 16.0 Å². The Balaban J connectivity index is 1.74. The Morgan fingerprint density at radius 2 is 1.96 bits per heavy atom. The SMILES string of the molecule is CC(=O)Nc1cccnc1NC(=O)C1Cc2cc(C)c(C)cc2O1. The van der Waals surface area contributed by atoms with Crippen LogP contribution in [-0.4, -0.2) is 22.9 Å². The molecule has 1 atom stereocenters. The van der Waals surface area contributed by atoms with Gasteiger partial charge < -0.3 is 15.4 Å². The van der Waals surface area contributed by atoms with Gasteiger partial charge in [0.2, 0.25) is 5.91 Å². The summed E-state index contributed by atoms with van der Waals surface area (Å²) in [6.45, 7) is 5.45. The lowest BCUT2D eigenvalue weighted by Crippen LogP contribution is -2.32. The predicted molar refractivity (Wildman–Crippen MR) is 91.2 cm³/mol. The number of fused-ring (bicyclic) bond motifs is 1. The smallest absolute Gasteiger partial charge is 0.267 e. The van der Waals surface area contributed by atoms with Gasteiger partial charge in [-0.1, -0.05) is 6.07 Å². The van der Waals surface area contributed by atoms with Crippen molar-refractivity contribution in [2.75, 3.05) is 10.6 Å². The van der Waals surface area contributed by atoms with Crippen LogP contribution in [0.1, 0.15) is 23.6 Å². The third-order valence-corrected chi connectivity index (χ3v) is 4.00. The number of pyridine rings is 1. The number of nitrogens with one attached hydrogen (secondary N) is 2. The van der Waals surface area contributed by atoms with Crippen molar-refractivity contribution in [3.63, 3.8) is 0 Å². The minimum Gasteiger partial charge on any atom is -0.480 e. The monoisotopic (exact) mass is 325 g/mol. The van der Waals surface area contributed by atoms with E-state index in [1.165, 1.54) is 12.5 Å². The van der Waals surface area contributed by atoms with Gasteiger partial charge in [0.25, 0.3) is 5.91 Å². The minimum atomic E-state index is -0.603. The highest BCUT2D eigenvalue weighted by atomic mass is 16.5. The van der Waals surface area contributed by atoms with Crippen molar-refractivity contribution in [1.82, 2.24) is 4.98 Å². The lowest BCUT2D eigenvalue weighted by molar-refractivity contribution is -0.122. The normalized spacial score (nSPS) is 15.4. The number of hydrogen-bond acceptors (Lipinski definition) is 4. The highest BCUT2D eigenvalue weighted by Gasteiger charge is 2.30. The standard InChI is InChI=1S/C18H19N3O3/c1-10-7-13-9-16(24-15(13)8-11(10)2)18(23)21-17-14(20-12(3)22)5-4-6-19-17/h4-8,16H,9H2,1-3H3,(H,20,22)(H,19,21,23). The van der Waals surface area contributed by atoms with E-state index >= 15 is 0 Å². The van der Waals surface area contributed by atoms with E-state index in [1.54, 1.807) is 18.3 Å². The number of hydrogen-bond donors (Lipinski definition) is 2. The highest BCUT2D eigenvalue weighted by Crippen LogP contribution is 2.32. The Morgan fingerprint density at radius 1 is 1.21 bits per heavy atom. The van der Waals surface area contributed by atoms with E-state index in [9.17, 15) is 9.59 Å². The van der Waals surface area contributed by atoms with Gasteiger partial charge >= 0.3 is 0 Å². The zero-order valence-corrected chi connectivity index (χ0v) is 13.8. The van der Waals surface area contributed by atoms with E-state index in [-0.39, 0.29) is 11.8 Å². The summed E-state index contributed by atoms with van der Waals surface area (Å²) in [5.41, 5.74) is 3.80. The summed E-state index contributed by atoms with van der Waals surface area (Å²) in [5, 5.41) is 5.38. The van der Waals surface area contributed by atoms with Crippen molar-refractivity contribution in [3.05, 3.63) is 47.2 Å². The molecule has 2 amide bonds. The van der Waals surface area contributed by atoms with Gasteiger partial charge in [0, 0.05) is 19.5 Å². The fourth-order valence-corrected chi connectivity index (χ4v) is 2.65. The molecule has 1 aliphatic heterocycles. The summed E-state index contributed by atoms with van der Waals surface area (Å²) in [5.74, 6) is 0.548. The molecule has 1 unspecified atom stereocenters. The van der Waals surface area contributed by atoms with Crippen LogP contribution in [0.5, 0.6) is 5.75 Å². The minimum absolute atomic E-state index is 0.228. The van der Waals surface area contributed by atoms with Gasteiger partial charge in [-0.15, -0.1) is 0 Å². The number of benzene rings is 1. The molecule has 6 nitrogen and oxygen atoms in total. The van der Waals surface area contributed by atoms with Crippen LogP contribution in [0.25, 0.3) is 0 Å². The molecule has 24 heavy (non-hydrogen) atoms. The molecule has 1 aromatic heterocycles. The number of nitrogens with zero attached hydrogens (tertiary/aromatic N) is 1. The third-order valence-electron chi connectivity index (χ3n) is 4.00. The Labute approximate surface area is 140 Å². The topological polar surface area (TPSA) is 80.3 Å². The molecule has 0 spiro atoms. The number of carbonyl (C=O) groups excluding carboxylic acids is 2. The molecular formula is C18H19N3O3. The Bertz CT molecular complexity index is 786. The first-order valence-corrected chi connectivity index (χ1v) is 7.74. The largest absolute Gasteiger partial charge is 0.480 e. The van der Waals surface area contributed by atoms with Gasteiger partial charge in [0.1, 0.15) is 5.75 Å². The van der Waals surface area contributed by atoms with Crippen molar-refractivity contribution in [3.8, 4) is 5.75 Å². The summed E-state index contributed by atoms with van der Waals surface area (Å²) in [6.07, 6.45) is 1.47. The van der Waals surface area contributed by atoms with E-state index in [0.717, 1.165) is 16.9 Å². The fraction of sp³-hybridized carbons (Fsp3) is 0.278. The maximum atomic E-state index is 12.5. The van der Waals surface area contributed by atoms with Crippen LogP contribution in [0.2, 0.25) is 0 Å². The fourth-order valence-electron chi connectivity index (χ4n) is 2.65. The number of carbonyl (C=O) groups is 2. The molecule has 0 aliphatic carbocycles. The van der Waals surface area contributed by atoms with Crippen molar-refractivity contribution in [2.45, 2.75) is 33.3 Å². The number of rotatable bonds is 3. The predicted octanol–water partition coefficient (Wildman–Crippen LogP) is 2.60. The van der Waals surface area contributed by atoms with Crippen LogP contribution in [0.4, 0.5) is 11.5 Å². The second-order valence-corrected chi connectivity index (χ2v) is 5.92. The summed E-state index contributed by atoms with van der Waals surface area (Å²) in [6, 6.07) is 7.39. The molecule has 0 fully saturated rings. The van der Waals surface area contributed by atoms with Crippen molar-refractivity contribution >= 4 is 23.3 Å².